The Bertz CT molecular complexity index is 1550. The molecule has 0 heterocycles. The highest BCUT2D eigenvalue weighted by Gasteiger charge is 2.48. The highest BCUT2D eigenvalue weighted by atomic mass is 16.3. The first kappa shape index (κ1) is 53.9. The third-order valence-corrected chi connectivity index (χ3v) is 13.1. The van der Waals surface area contributed by atoms with Gasteiger partial charge < -0.3 is 35.7 Å². The van der Waals surface area contributed by atoms with Gasteiger partial charge in [0.1, 0.15) is 5.60 Å². The Morgan fingerprint density at radius 3 is 1.30 bits per heavy atom. The third kappa shape index (κ3) is 20.3. The van der Waals surface area contributed by atoms with Crippen LogP contribution in [0.2, 0.25) is 0 Å². The summed E-state index contributed by atoms with van der Waals surface area (Å²) in [5.41, 5.74) is -3.73. The van der Waals surface area contributed by atoms with Gasteiger partial charge in [0.2, 0.25) is 0 Å². The second-order valence-electron chi connectivity index (χ2n) is 21.2. The van der Waals surface area contributed by atoms with Gasteiger partial charge in [-0.3, -0.25) is 9.59 Å². The fourth-order valence-electron chi connectivity index (χ4n) is 8.85. The average molecular weight is 843 g/mol. The minimum atomic E-state index is -1.73. The molecule has 1 aliphatic carbocycles. The first-order valence-corrected chi connectivity index (χ1v) is 23.0. The van der Waals surface area contributed by atoms with Gasteiger partial charge in [-0.1, -0.05) is 47.6 Å². The smallest absolute Gasteiger partial charge is 0.195 e. The molecule has 1 aromatic rings. The zero-order valence-electron chi connectivity index (χ0n) is 39.3. The molecule has 0 spiro atoms. The molecule has 0 amide bonds. The molecule has 0 aliphatic heterocycles. The molecule has 344 valence electrons. The standard InChI is InChI=1S/C51H86O9/c1-38(20-13-21-39(2)25-26-42-43(52)40-23-11-12-24-41(40)44(53)51(42,10)60)22-14-28-46(5,55)30-16-32-48(7,57)34-18-36-50(9,59)37-19-35-49(8,58)33-17-31-47(6,56)29-15-27-45(3,4)54/h11-12,20,23-25,42,54-60H,13-19,21-22,26-37H2,1-10H3/b38-20+,39-25+. The van der Waals surface area contributed by atoms with Crippen molar-refractivity contribution in [3.8, 4) is 0 Å². The van der Waals surface area contributed by atoms with Crippen molar-refractivity contribution in [1.82, 2.24) is 0 Å². The van der Waals surface area contributed by atoms with Gasteiger partial charge in [-0.05, 0) is 204 Å². The van der Waals surface area contributed by atoms with E-state index in [-0.39, 0.29) is 11.3 Å². The summed E-state index contributed by atoms with van der Waals surface area (Å²) >= 11 is 0. The van der Waals surface area contributed by atoms with Crippen LogP contribution in [0.3, 0.4) is 0 Å². The fourth-order valence-corrected chi connectivity index (χ4v) is 8.85. The van der Waals surface area contributed by atoms with Crippen molar-refractivity contribution in [2.24, 2.45) is 5.92 Å². The third-order valence-electron chi connectivity index (χ3n) is 13.1. The van der Waals surface area contributed by atoms with Gasteiger partial charge in [0, 0.05) is 11.1 Å². The predicted molar refractivity (Wildman–Crippen MR) is 243 cm³/mol. The second-order valence-corrected chi connectivity index (χ2v) is 21.2. The van der Waals surface area contributed by atoms with Crippen LogP contribution in [0.15, 0.2) is 47.6 Å². The lowest BCUT2D eigenvalue weighted by molar-refractivity contribution is -0.00669. The lowest BCUT2D eigenvalue weighted by atomic mass is 9.70. The van der Waals surface area contributed by atoms with Crippen molar-refractivity contribution in [2.45, 2.75) is 243 Å². The minimum Gasteiger partial charge on any atom is -0.390 e. The molecule has 2 rings (SSSR count). The number of benzene rings is 1. The quantitative estimate of drug-likeness (QED) is 0.0387. The molecule has 9 heteroatoms. The Morgan fingerprint density at radius 1 is 0.550 bits per heavy atom. The van der Waals surface area contributed by atoms with E-state index in [0.29, 0.717) is 108 Å². The van der Waals surface area contributed by atoms with Crippen molar-refractivity contribution in [2.75, 3.05) is 0 Å². The summed E-state index contributed by atoms with van der Waals surface area (Å²) in [6.45, 7) is 18.3. The van der Waals surface area contributed by atoms with Crippen LogP contribution >= 0.6 is 0 Å². The molecule has 7 unspecified atom stereocenters. The molecule has 7 atom stereocenters. The van der Waals surface area contributed by atoms with Gasteiger partial charge in [-0.15, -0.1) is 0 Å². The molecule has 0 saturated heterocycles. The van der Waals surface area contributed by atoms with Crippen LogP contribution in [-0.4, -0.2) is 86.5 Å². The van der Waals surface area contributed by atoms with Gasteiger partial charge in [-0.2, -0.15) is 0 Å². The van der Waals surface area contributed by atoms with E-state index < -0.39 is 50.9 Å². The Kier molecular flexibility index (Phi) is 20.6. The molecule has 0 bridgehead atoms. The lowest BCUT2D eigenvalue weighted by Crippen LogP contribution is -2.50. The highest BCUT2D eigenvalue weighted by Crippen LogP contribution is 2.36. The van der Waals surface area contributed by atoms with E-state index in [1.807, 2.05) is 47.6 Å². The lowest BCUT2D eigenvalue weighted by Gasteiger charge is -2.35. The first-order valence-electron chi connectivity index (χ1n) is 23.0. The molecule has 0 radical (unpaired) electrons. The number of Topliss-reactive ketones (excluding diaryl/α,β-unsaturated/α-hetero) is 2. The van der Waals surface area contributed by atoms with Gasteiger partial charge in [0.15, 0.2) is 11.6 Å². The summed E-state index contributed by atoms with van der Waals surface area (Å²) in [5.74, 6) is -1.41. The number of rotatable bonds is 29. The van der Waals surface area contributed by atoms with Crippen LogP contribution in [0.1, 0.15) is 225 Å². The summed E-state index contributed by atoms with van der Waals surface area (Å²) in [4.78, 5) is 26.1. The van der Waals surface area contributed by atoms with Gasteiger partial charge in [0.25, 0.3) is 0 Å². The Hall–Kier alpha value is -2.24. The number of hydrogen-bond donors (Lipinski definition) is 7. The predicted octanol–water partition coefficient (Wildman–Crippen LogP) is 10.0. The number of carbonyl (C=O) groups excluding carboxylic acids is 2. The Labute approximate surface area is 363 Å². The summed E-state index contributed by atoms with van der Waals surface area (Å²) in [6.07, 6.45) is 17.9. The second kappa shape index (κ2) is 22.9. The maximum absolute atomic E-state index is 13.1. The molecule has 1 aromatic carbocycles. The zero-order chi connectivity index (χ0) is 45.6. The summed E-state index contributed by atoms with van der Waals surface area (Å²) in [6, 6.07) is 6.70. The van der Waals surface area contributed by atoms with Crippen molar-refractivity contribution < 1.29 is 45.3 Å². The topological polar surface area (TPSA) is 176 Å². The fraction of sp³-hybridized carbons (Fsp3) is 0.765. The average Bonchev–Trinajstić information content (AvgIpc) is 3.09. The number of allylic oxidation sites excluding steroid dienone is 4. The van der Waals surface area contributed by atoms with E-state index >= 15 is 0 Å². The van der Waals surface area contributed by atoms with Crippen molar-refractivity contribution in [1.29, 1.82) is 0 Å². The van der Waals surface area contributed by atoms with Gasteiger partial charge in [-0.25, -0.2) is 0 Å². The molecule has 60 heavy (non-hydrogen) atoms. The number of fused-ring (bicyclic) bond motifs is 1. The van der Waals surface area contributed by atoms with Gasteiger partial charge in [0.05, 0.1) is 39.5 Å². The summed E-state index contributed by atoms with van der Waals surface area (Å²) in [7, 11) is 0. The van der Waals surface area contributed by atoms with Crippen LogP contribution < -0.4 is 0 Å². The van der Waals surface area contributed by atoms with Crippen molar-refractivity contribution >= 4 is 11.6 Å². The molecular weight excluding hydrogens is 757 g/mol. The molecular formula is C51H86O9. The van der Waals surface area contributed by atoms with E-state index in [0.717, 1.165) is 37.7 Å². The summed E-state index contributed by atoms with van der Waals surface area (Å²) < 4.78 is 0. The van der Waals surface area contributed by atoms with Crippen molar-refractivity contribution in [3.63, 3.8) is 0 Å². The maximum atomic E-state index is 13.1. The van der Waals surface area contributed by atoms with Crippen LogP contribution in [0.4, 0.5) is 0 Å². The largest absolute Gasteiger partial charge is 0.390 e. The van der Waals surface area contributed by atoms with E-state index in [1.165, 1.54) is 12.5 Å². The van der Waals surface area contributed by atoms with Crippen LogP contribution in [0, 0.1) is 5.92 Å². The Balaban J connectivity index is 1.64. The van der Waals surface area contributed by atoms with Crippen LogP contribution in [0.25, 0.3) is 0 Å². The monoisotopic (exact) mass is 843 g/mol. The number of ketones is 2. The molecule has 0 aromatic heterocycles. The van der Waals surface area contributed by atoms with E-state index in [4.69, 9.17) is 0 Å². The zero-order valence-corrected chi connectivity index (χ0v) is 39.3. The van der Waals surface area contributed by atoms with Crippen molar-refractivity contribution in [3.05, 3.63) is 58.7 Å². The van der Waals surface area contributed by atoms with E-state index in [9.17, 15) is 45.3 Å². The number of carbonyl (C=O) groups is 2. The number of aliphatic hydroxyl groups is 7. The molecule has 0 fully saturated rings. The molecule has 7 N–H and O–H groups in total. The van der Waals surface area contributed by atoms with Crippen LogP contribution in [-0.2, 0) is 0 Å². The normalized spacial score (nSPS) is 23.0. The molecule has 1 aliphatic rings. The molecule has 0 saturated carbocycles. The van der Waals surface area contributed by atoms with E-state index in [1.54, 1.807) is 38.1 Å². The summed E-state index contributed by atoms with van der Waals surface area (Å²) in [5, 5.41) is 75.8. The maximum Gasteiger partial charge on any atom is 0.195 e. The number of hydrogen-bond acceptors (Lipinski definition) is 9. The SMILES string of the molecule is C/C(=C\CC1C(=O)c2ccccc2C(=O)C1(C)O)CC/C=C(\C)CCCC(C)(O)CCCC(C)(O)CCCC(C)(O)CCCC(C)(O)CCCC(C)(O)CCCC(C)(C)O. The van der Waals surface area contributed by atoms with Crippen LogP contribution in [0.5, 0.6) is 0 Å². The minimum absolute atomic E-state index is 0.194. The highest BCUT2D eigenvalue weighted by molar-refractivity contribution is 6.18. The first-order chi connectivity index (χ1) is 27.5. The van der Waals surface area contributed by atoms with E-state index in [2.05, 4.69) is 13.0 Å². The van der Waals surface area contributed by atoms with Gasteiger partial charge >= 0.3 is 0 Å². The Morgan fingerprint density at radius 2 is 0.900 bits per heavy atom. The molecule has 9 nitrogen and oxygen atoms in total.